The Kier molecular flexibility index (Phi) is 7.37. The lowest BCUT2D eigenvalue weighted by Gasteiger charge is -2.27. The highest BCUT2D eigenvalue weighted by molar-refractivity contribution is 5.97. The van der Waals surface area contributed by atoms with Crippen molar-refractivity contribution in [3.8, 4) is 0 Å². The summed E-state index contributed by atoms with van der Waals surface area (Å²) in [4.78, 5) is 29.5. The normalized spacial score (nSPS) is 16.5. The molecule has 2 amide bonds. The lowest BCUT2D eigenvalue weighted by molar-refractivity contribution is -0.128. The molecule has 0 saturated carbocycles. The topological polar surface area (TPSA) is 52.6 Å². The second-order valence-corrected chi connectivity index (χ2v) is 9.57. The molecular formula is C26H35N3O2. The van der Waals surface area contributed by atoms with Gasteiger partial charge in [-0.2, -0.15) is 0 Å². The Bertz CT molecular complexity index is 889. The van der Waals surface area contributed by atoms with E-state index in [-0.39, 0.29) is 11.8 Å². The summed E-state index contributed by atoms with van der Waals surface area (Å²) in [5.41, 5.74) is 2.93. The van der Waals surface area contributed by atoms with Crippen LogP contribution in [0.25, 0.3) is 0 Å². The molecule has 31 heavy (non-hydrogen) atoms. The van der Waals surface area contributed by atoms with Gasteiger partial charge < -0.3 is 15.1 Å². The second kappa shape index (κ2) is 9.99. The molecular weight excluding hydrogens is 386 g/mol. The molecule has 5 heteroatoms. The Morgan fingerprint density at radius 1 is 0.968 bits per heavy atom. The number of nitrogens with zero attached hydrogens (tertiary/aromatic N) is 2. The minimum absolute atomic E-state index is 0.0187. The molecule has 0 fully saturated rings. The summed E-state index contributed by atoms with van der Waals surface area (Å²) in [7, 11) is 0. The Hall–Kier alpha value is -2.82. The maximum absolute atomic E-state index is 13.2. The van der Waals surface area contributed by atoms with Gasteiger partial charge in [0.1, 0.15) is 0 Å². The number of anilines is 2. The summed E-state index contributed by atoms with van der Waals surface area (Å²) in [6, 6.07) is 18.7. The zero-order valence-electron chi connectivity index (χ0n) is 19.2. The Morgan fingerprint density at radius 3 is 2.29 bits per heavy atom. The molecule has 166 valence electrons. The summed E-state index contributed by atoms with van der Waals surface area (Å²) in [5.74, 6) is 0.483. The van der Waals surface area contributed by atoms with Gasteiger partial charge in [-0.3, -0.25) is 9.59 Å². The third-order valence-electron chi connectivity index (χ3n) is 5.59. The van der Waals surface area contributed by atoms with Crippen LogP contribution < -0.4 is 15.1 Å². The number of fused-ring (bicyclic) bond motifs is 1. The summed E-state index contributed by atoms with van der Waals surface area (Å²) in [5, 5.41) is 2.94. The fourth-order valence-corrected chi connectivity index (χ4v) is 3.93. The fraction of sp³-hybridized carbons (Fsp3) is 0.462. The van der Waals surface area contributed by atoms with E-state index >= 15 is 0 Å². The molecule has 0 bridgehead atoms. The average Bonchev–Trinajstić information content (AvgIpc) is 2.87. The van der Waals surface area contributed by atoms with Crippen LogP contribution in [0, 0.1) is 11.3 Å². The molecule has 2 aromatic carbocycles. The molecule has 3 rings (SSSR count). The van der Waals surface area contributed by atoms with Crippen molar-refractivity contribution >= 4 is 23.2 Å². The largest absolute Gasteiger partial charge is 0.365 e. The average molecular weight is 422 g/mol. The van der Waals surface area contributed by atoms with Gasteiger partial charge >= 0.3 is 0 Å². The van der Waals surface area contributed by atoms with E-state index in [4.69, 9.17) is 0 Å². The summed E-state index contributed by atoms with van der Waals surface area (Å²) < 4.78 is 0. The molecule has 0 radical (unpaired) electrons. The van der Waals surface area contributed by atoms with Crippen LogP contribution in [0.1, 0.15) is 46.1 Å². The molecule has 0 aromatic heterocycles. The van der Waals surface area contributed by atoms with E-state index < -0.39 is 5.41 Å². The summed E-state index contributed by atoms with van der Waals surface area (Å²) in [6.07, 6.45) is 1.06. The van der Waals surface area contributed by atoms with Gasteiger partial charge in [-0.25, -0.2) is 0 Å². The Labute approximate surface area is 186 Å². The highest BCUT2D eigenvalue weighted by atomic mass is 16.2. The zero-order valence-corrected chi connectivity index (χ0v) is 19.2. The number of hydrogen-bond acceptors (Lipinski definition) is 3. The van der Waals surface area contributed by atoms with E-state index in [9.17, 15) is 9.59 Å². The fourth-order valence-electron chi connectivity index (χ4n) is 3.93. The van der Waals surface area contributed by atoms with Crippen molar-refractivity contribution in [2.24, 2.45) is 11.3 Å². The molecule has 0 aliphatic carbocycles. The first kappa shape index (κ1) is 22.9. The summed E-state index contributed by atoms with van der Waals surface area (Å²) >= 11 is 0. The summed E-state index contributed by atoms with van der Waals surface area (Å²) in [6.45, 7) is 10.8. The third-order valence-corrected chi connectivity index (χ3v) is 5.59. The van der Waals surface area contributed by atoms with E-state index in [1.165, 1.54) is 5.56 Å². The van der Waals surface area contributed by atoms with Crippen LogP contribution in [-0.4, -0.2) is 31.4 Å². The number of nitrogens with one attached hydrogen (secondary N) is 1. The monoisotopic (exact) mass is 421 g/mol. The van der Waals surface area contributed by atoms with Gasteiger partial charge in [-0.1, -0.05) is 70.2 Å². The molecule has 1 N–H and O–H groups in total. The van der Waals surface area contributed by atoms with Gasteiger partial charge in [0, 0.05) is 38.0 Å². The highest BCUT2D eigenvalue weighted by Gasteiger charge is 2.28. The van der Waals surface area contributed by atoms with Gasteiger partial charge in [0.25, 0.3) is 0 Å². The van der Waals surface area contributed by atoms with Crippen LogP contribution in [0.3, 0.4) is 0 Å². The van der Waals surface area contributed by atoms with Crippen molar-refractivity contribution in [3.05, 3.63) is 60.2 Å². The third kappa shape index (κ3) is 6.09. The van der Waals surface area contributed by atoms with E-state index in [0.717, 1.165) is 24.5 Å². The molecule has 0 saturated heterocycles. The van der Waals surface area contributed by atoms with Gasteiger partial charge in [0.05, 0.1) is 11.4 Å². The van der Waals surface area contributed by atoms with Crippen molar-refractivity contribution in [1.82, 2.24) is 5.32 Å². The molecule has 2 aromatic rings. The molecule has 1 aliphatic heterocycles. The van der Waals surface area contributed by atoms with Crippen molar-refractivity contribution in [3.63, 3.8) is 0 Å². The smallest absolute Gasteiger partial charge is 0.227 e. The molecule has 5 nitrogen and oxygen atoms in total. The van der Waals surface area contributed by atoms with E-state index in [1.54, 1.807) is 0 Å². The number of rotatable bonds is 6. The number of amides is 2. The molecule has 1 unspecified atom stereocenters. The maximum Gasteiger partial charge on any atom is 0.227 e. The number of para-hydroxylation sites is 2. The standard InChI is InChI=1S/C26H35N3O2/c1-20-17-28(19-21-11-6-5-7-12-21)22-13-8-9-14-23(22)29(18-20)24(30)15-10-16-27-25(31)26(2,3)4/h5-9,11-14,20H,10,15-19H2,1-4H3,(H,27,31). The second-order valence-electron chi connectivity index (χ2n) is 9.57. The van der Waals surface area contributed by atoms with Crippen LogP contribution in [0.5, 0.6) is 0 Å². The number of carbonyl (C=O) groups is 2. The number of benzene rings is 2. The predicted octanol–water partition coefficient (Wildman–Crippen LogP) is 4.62. The van der Waals surface area contributed by atoms with E-state index in [2.05, 4.69) is 47.5 Å². The lowest BCUT2D eigenvalue weighted by atomic mass is 9.96. The van der Waals surface area contributed by atoms with Crippen LogP contribution in [0.2, 0.25) is 0 Å². The minimum atomic E-state index is -0.411. The van der Waals surface area contributed by atoms with E-state index in [0.29, 0.717) is 31.8 Å². The van der Waals surface area contributed by atoms with Crippen LogP contribution in [0.4, 0.5) is 11.4 Å². The van der Waals surface area contributed by atoms with Gasteiger partial charge in [0.15, 0.2) is 0 Å². The van der Waals surface area contributed by atoms with Crippen molar-refractivity contribution in [2.75, 3.05) is 29.4 Å². The molecule has 0 spiro atoms. The van der Waals surface area contributed by atoms with Crippen molar-refractivity contribution in [2.45, 2.75) is 47.1 Å². The minimum Gasteiger partial charge on any atom is -0.365 e. The molecule has 1 aliphatic rings. The van der Waals surface area contributed by atoms with Gasteiger partial charge in [0.2, 0.25) is 11.8 Å². The van der Waals surface area contributed by atoms with Crippen LogP contribution >= 0.6 is 0 Å². The Morgan fingerprint density at radius 2 is 1.61 bits per heavy atom. The van der Waals surface area contributed by atoms with E-state index in [1.807, 2.05) is 49.9 Å². The van der Waals surface area contributed by atoms with Gasteiger partial charge in [-0.05, 0) is 30.0 Å². The van der Waals surface area contributed by atoms with Crippen LogP contribution in [-0.2, 0) is 16.1 Å². The first-order chi connectivity index (χ1) is 14.8. The molecule has 1 heterocycles. The first-order valence-corrected chi connectivity index (χ1v) is 11.2. The van der Waals surface area contributed by atoms with Crippen molar-refractivity contribution in [1.29, 1.82) is 0 Å². The lowest BCUT2D eigenvalue weighted by Crippen LogP contribution is -2.37. The highest BCUT2D eigenvalue weighted by Crippen LogP contribution is 2.35. The quantitative estimate of drug-likeness (QED) is 0.693. The Balaban J connectivity index is 1.70. The van der Waals surface area contributed by atoms with Gasteiger partial charge in [-0.15, -0.1) is 0 Å². The maximum atomic E-state index is 13.2. The van der Waals surface area contributed by atoms with Crippen LogP contribution in [0.15, 0.2) is 54.6 Å². The number of carbonyl (C=O) groups excluding carboxylic acids is 2. The number of hydrogen-bond donors (Lipinski definition) is 1. The van der Waals surface area contributed by atoms with Crippen molar-refractivity contribution < 1.29 is 9.59 Å². The zero-order chi connectivity index (χ0) is 22.4. The predicted molar refractivity (Wildman–Crippen MR) is 127 cm³/mol. The molecule has 1 atom stereocenters. The first-order valence-electron chi connectivity index (χ1n) is 11.2. The SMILES string of the molecule is CC1CN(Cc2ccccc2)c2ccccc2N(C(=O)CCCNC(=O)C(C)(C)C)C1.